The SMILES string of the molecule is CCCCCc1nc2c(n1Cc1ccc(-c3ccccc3-c3nn[nH]n3)cc1)C(=O)C(C)=C(C)C2=O. The first-order valence-corrected chi connectivity index (χ1v) is 12.3. The molecule has 1 N–H and O–H groups in total. The molecule has 5 rings (SSSR count). The van der Waals surface area contributed by atoms with Crippen LogP contribution in [0.5, 0.6) is 0 Å². The molecule has 36 heavy (non-hydrogen) atoms. The van der Waals surface area contributed by atoms with Crippen molar-refractivity contribution in [3.05, 3.63) is 82.5 Å². The molecule has 0 radical (unpaired) electrons. The molecule has 4 aromatic rings. The van der Waals surface area contributed by atoms with Gasteiger partial charge < -0.3 is 4.57 Å². The average molecular weight is 481 g/mol. The zero-order chi connectivity index (χ0) is 25.2. The van der Waals surface area contributed by atoms with Gasteiger partial charge in [-0.1, -0.05) is 68.3 Å². The van der Waals surface area contributed by atoms with E-state index in [0.29, 0.717) is 34.9 Å². The summed E-state index contributed by atoms with van der Waals surface area (Å²) in [6, 6.07) is 16.1. The summed E-state index contributed by atoms with van der Waals surface area (Å²) in [5.41, 5.74) is 5.64. The van der Waals surface area contributed by atoms with E-state index >= 15 is 0 Å². The van der Waals surface area contributed by atoms with E-state index in [1.165, 1.54) is 0 Å². The largest absolute Gasteiger partial charge is 0.320 e. The number of allylic oxidation sites excluding steroid dienone is 2. The number of aryl methyl sites for hydroxylation is 1. The second-order valence-electron chi connectivity index (χ2n) is 9.15. The summed E-state index contributed by atoms with van der Waals surface area (Å²) in [5.74, 6) is 1.08. The molecule has 0 amide bonds. The summed E-state index contributed by atoms with van der Waals surface area (Å²) in [4.78, 5) is 30.8. The molecule has 0 bridgehead atoms. The summed E-state index contributed by atoms with van der Waals surface area (Å²) in [5, 5.41) is 14.4. The highest BCUT2D eigenvalue weighted by atomic mass is 16.1. The van der Waals surface area contributed by atoms with Crippen LogP contribution in [0.4, 0.5) is 0 Å². The first kappa shape index (κ1) is 23.5. The van der Waals surface area contributed by atoms with Crippen LogP contribution in [0.3, 0.4) is 0 Å². The van der Waals surface area contributed by atoms with Gasteiger partial charge in [-0.25, -0.2) is 4.98 Å². The summed E-state index contributed by atoms with van der Waals surface area (Å²) in [6.07, 6.45) is 3.86. The van der Waals surface area contributed by atoms with E-state index in [0.717, 1.165) is 53.8 Å². The Morgan fingerprint density at radius 3 is 2.31 bits per heavy atom. The van der Waals surface area contributed by atoms with Crippen LogP contribution in [0.2, 0.25) is 0 Å². The number of carbonyl (C=O) groups excluding carboxylic acids is 2. The summed E-state index contributed by atoms with van der Waals surface area (Å²) < 4.78 is 1.95. The maximum atomic E-state index is 13.2. The Bertz CT molecular complexity index is 1460. The molecule has 2 aromatic carbocycles. The zero-order valence-electron chi connectivity index (χ0n) is 20.7. The Labute approximate surface area is 209 Å². The quantitative estimate of drug-likeness (QED) is 0.346. The van der Waals surface area contributed by atoms with E-state index in [2.05, 4.69) is 44.7 Å². The molecule has 0 saturated heterocycles. The van der Waals surface area contributed by atoms with E-state index in [1.54, 1.807) is 13.8 Å². The zero-order valence-corrected chi connectivity index (χ0v) is 20.7. The number of rotatable bonds is 8. The smallest absolute Gasteiger partial charge is 0.209 e. The molecule has 182 valence electrons. The summed E-state index contributed by atoms with van der Waals surface area (Å²) >= 11 is 0. The van der Waals surface area contributed by atoms with Gasteiger partial charge in [0.05, 0.1) is 0 Å². The number of fused-ring (bicyclic) bond motifs is 1. The topological polar surface area (TPSA) is 106 Å². The number of Topliss-reactive ketones (excluding diaryl/α,β-unsaturated/α-hetero) is 2. The number of hydrogen-bond acceptors (Lipinski definition) is 6. The highest BCUT2D eigenvalue weighted by Gasteiger charge is 2.34. The lowest BCUT2D eigenvalue weighted by Gasteiger charge is -2.16. The first-order chi connectivity index (χ1) is 17.5. The number of benzene rings is 2. The fraction of sp³-hybridized carbons (Fsp3) is 0.286. The van der Waals surface area contributed by atoms with Crippen LogP contribution >= 0.6 is 0 Å². The minimum atomic E-state index is -0.147. The third-order valence-corrected chi connectivity index (χ3v) is 6.84. The normalized spacial score (nSPS) is 13.4. The molecule has 1 aliphatic carbocycles. The number of ketones is 2. The van der Waals surface area contributed by atoms with Gasteiger partial charge in [-0.3, -0.25) is 9.59 Å². The summed E-state index contributed by atoms with van der Waals surface area (Å²) in [7, 11) is 0. The number of nitrogens with zero attached hydrogens (tertiary/aromatic N) is 5. The van der Waals surface area contributed by atoms with Crippen LogP contribution in [0.15, 0.2) is 59.7 Å². The molecule has 0 spiro atoms. The van der Waals surface area contributed by atoms with Crippen LogP contribution in [-0.2, 0) is 13.0 Å². The number of tetrazole rings is 1. The van der Waals surface area contributed by atoms with Crippen molar-refractivity contribution in [2.24, 2.45) is 0 Å². The Morgan fingerprint density at radius 1 is 0.889 bits per heavy atom. The van der Waals surface area contributed by atoms with Gasteiger partial charge in [-0.05, 0) is 42.2 Å². The highest BCUT2D eigenvalue weighted by Crippen LogP contribution is 2.31. The lowest BCUT2D eigenvalue weighted by atomic mass is 9.92. The third kappa shape index (κ3) is 4.19. The second kappa shape index (κ2) is 9.81. The number of H-pyrrole nitrogens is 1. The van der Waals surface area contributed by atoms with Gasteiger partial charge in [0.1, 0.15) is 17.2 Å². The molecule has 0 aliphatic heterocycles. The average Bonchev–Trinajstić information content (AvgIpc) is 3.56. The Kier molecular flexibility index (Phi) is 6.41. The fourth-order valence-electron chi connectivity index (χ4n) is 4.66. The molecule has 8 nitrogen and oxygen atoms in total. The van der Waals surface area contributed by atoms with Crippen molar-refractivity contribution in [3.8, 4) is 22.5 Å². The molecule has 1 aliphatic rings. The lowest BCUT2D eigenvalue weighted by Crippen LogP contribution is -2.22. The molecular formula is C28H28N6O2. The number of aromatic nitrogens is 6. The first-order valence-electron chi connectivity index (χ1n) is 12.3. The molecule has 0 atom stereocenters. The maximum absolute atomic E-state index is 13.2. The van der Waals surface area contributed by atoms with Crippen LogP contribution in [0.25, 0.3) is 22.5 Å². The van der Waals surface area contributed by atoms with Crippen molar-refractivity contribution in [1.29, 1.82) is 0 Å². The Balaban J connectivity index is 1.49. The number of imidazole rings is 1. The van der Waals surface area contributed by atoms with Crippen LogP contribution in [-0.4, -0.2) is 41.7 Å². The number of unbranched alkanes of at least 4 members (excludes halogenated alkanes) is 2. The van der Waals surface area contributed by atoms with Crippen molar-refractivity contribution in [2.45, 2.75) is 53.0 Å². The molecule has 8 heteroatoms. The molecule has 2 heterocycles. The predicted octanol–water partition coefficient (Wildman–Crippen LogP) is 5.23. The van der Waals surface area contributed by atoms with E-state index < -0.39 is 0 Å². The minimum absolute atomic E-state index is 0.109. The van der Waals surface area contributed by atoms with Gasteiger partial charge in [-0.15, -0.1) is 10.2 Å². The Hall–Kier alpha value is -4.20. The number of aromatic amines is 1. The highest BCUT2D eigenvalue weighted by molar-refractivity contribution is 6.25. The minimum Gasteiger partial charge on any atom is -0.320 e. The lowest BCUT2D eigenvalue weighted by molar-refractivity contribution is 0.0967. The number of hydrogen-bond donors (Lipinski definition) is 1. The molecule has 0 fully saturated rings. The van der Waals surface area contributed by atoms with Crippen molar-refractivity contribution < 1.29 is 9.59 Å². The van der Waals surface area contributed by atoms with Gasteiger partial charge >= 0.3 is 0 Å². The van der Waals surface area contributed by atoms with E-state index in [9.17, 15) is 9.59 Å². The molecule has 0 unspecified atom stereocenters. The third-order valence-electron chi connectivity index (χ3n) is 6.84. The molecular weight excluding hydrogens is 452 g/mol. The fourth-order valence-corrected chi connectivity index (χ4v) is 4.66. The molecule has 0 saturated carbocycles. The van der Waals surface area contributed by atoms with Gasteiger partial charge in [0.15, 0.2) is 0 Å². The van der Waals surface area contributed by atoms with Crippen molar-refractivity contribution in [1.82, 2.24) is 30.2 Å². The van der Waals surface area contributed by atoms with Crippen LogP contribution < -0.4 is 0 Å². The van der Waals surface area contributed by atoms with E-state index in [4.69, 9.17) is 0 Å². The second-order valence-corrected chi connectivity index (χ2v) is 9.15. The van der Waals surface area contributed by atoms with Gasteiger partial charge in [0, 0.05) is 29.7 Å². The summed E-state index contributed by atoms with van der Waals surface area (Å²) in [6.45, 7) is 6.06. The van der Waals surface area contributed by atoms with Crippen LogP contribution in [0.1, 0.15) is 72.4 Å². The maximum Gasteiger partial charge on any atom is 0.209 e. The van der Waals surface area contributed by atoms with E-state index in [-0.39, 0.29) is 11.6 Å². The predicted molar refractivity (Wildman–Crippen MR) is 137 cm³/mol. The monoisotopic (exact) mass is 480 g/mol. The van der Waals surface area contributed by atoms with Crippen LogP contribution in [0, 0.1) is 0 Å². The number of nitrogens with one attached hydrogen (secondary N) is 1. The number of carbonyl (C=O) groups is 2. The van der Waals surface area contributed by atoms with Gasteiger partial charge in [-0.2, -0.15) is 5.21 Å². The van der Waals surface area contributed by atoms with Crippen molar-refractivity contribution in [3.63, 3.8) is 0 Å². The van der Waals surface area contributed by atoms with Crippen molar-refractivity contribution >= 4 is 11.6 Å². The van der Waals surface area contributed by atoms with Gasteiger partial charge in [0.2, 0.25) is 17.4 Å². The van der Waals surface area contributed by atoms with Gasteiger partial charge in [0.25, 0.3) is 0 Å². The molecule has 2 aromatic heterocycles. The standard InChI is InChI=1S/C28H28N6O2/c1-4-5-6-11-23-29-24-25(27(36)18(3)17(2)26(24)35)34(23)16-19-12-14-20(15-13-19)21-9-7-8-10-22(21)28-30-32-33-31-28/h7-10,12-15H,4-6,11,16H2,1-3H3,(H,30,31,32,33). The Morgan fingerprint density at radius 2 is 1.61 bits per heavy atom. The van der Waals surface area contributed by atoms with Crippen molar-refractivity contribution in [2.75, 3.05) is 0 Å². The van der Waals surface area contributed by atoms with E-state index in [1.807, 2.05) is 41.0 Å².